The van der Waals surface area contributed by atoms with Gasteiger partial charge in [0.05, 0.1) is 34.7 Å². The molecular weight excluding hydrogens is 464 g/mol. The quantitative estimate of drug-likeness (QED) is 0.239. The van der Waals surface area contributed by atoms with Crippen LogP contribution >= 0.6 is 15.9 Å². The van der Waals surface area contributed by atoms with Crippen LogP contribution in [0.2, 0.25) is 0 Å². The van der Waals surface area contributed by atoms with Crippen molar-refractivity contribution in [3.63, 3.8) is 0 Å². The zero-order valence-electron chi connectivity index (χ0n) is 17.3. The Balaban J connectivity index is 1.65. The van der Waals surface area contributed by atoms with Gasteiger partial charge in [-0.2, -0.15) is 10.2 Å². The van der Waals surface area contributed by atoms with Gasteiger partial charge >= 0.3 is 5.97 Å². The summed E-state index contributed by atoms with van der Waals surface area (Å²) in [5, 5.41) is 8.27. The van der Waals surface area contributed by atoms with Crippen molar-refractivity contribution in [3.8, 4) is 11.5 Å². The van der Waals surface area contributed by atoms with Crippen LogP contribution in [-0.2, 0) is 11.3 Å². The van der Waals surface area contributed by atoms with Crippen molar-refractivity contribution in [1.29, 1.82) is 0 Å². The zero-order valence-corrected chi connectivity index (χ0v) is 18.8. The minimum atomic E-state index is -0.529. The smallest absolute Gasteiger partial charge is 0.343 e. The molecule has 2 aromatic carbocycles. The fraction of sp³-hybridized carbons (Fsp3) is 0.182. The van der Waals surface area contributed by atoms with E-state index in [9.17, 15) is 9.59 Å². The first-order valence-electron chi connectivity index (χ1n) is 9.35. The number of para-hydroxylation sites is 1. The maximum absolute atomic E-state index is 12.5. The van der Waals surface area contributed by atoms with Gasteiger partial charge in [-0.1, -0.05) is 18.2 Å². The lowest BCUT2D eigenvalue weighted by Crippen LogP contribution is -2.24. The van der Waals surface area contributed by atoms with E-state index in [1.807, 2.05) is 13.8 Å². The van der Waals surface area contributed by atoms with E-state index < -0.39 is 5.97 Å². The number of benzene rings is 2. The van der Waals surface area contributed by atoms with Gasteiger partial charge in [-0.15, -0.1) is 0 Å². The van der Waals surface area contributed by atoms with Gasteiger partial charge in [0.1, 0.15) is 18.0 Å². The fourth-order valence-electron chi connectivity index (χ4n) is 2.76. The molecule has 0 aliphatic carbocycles. The molecule has 0 unspecified atom stereocenters. The van der Waals surface area contributed by atoms with Crippen LogP contribution in [0.3, 0.4) is 0 Å². The lowest BCUT2D eigenvalue weighted by atomic mass is 10.2. The first kappa shape index (κ1) is 22.2. The summed E-state index contributed by atoms with van der Waals surface area (Å²) < 4.78 is 13.1. The molecule has 0 atom stereocenters. The number of nitrogens with zero attached hydrogens (tertiary/aromatic N) is 3. The third kappa shape index (κ3) is 5.58. The van der Waals surface area contributed by atoms with Crippen molar-refractivity contribution in [2.45, 2.75) is 20.4 Å². The van der Waals surface area contributed by atoms with E-state index in [-0.39, 0.29) is 12.5 Å². The Morgan fingerprint density at radius 3 is 2.68 bits per heavy atom. The van der Waals surface area contributed by atoms with Gasteiger partial charge in [0, 0.05) is 5.56 Å². The van der Waals surface area contributed by atoms with Crippen molar-refractivity contribution in [2.75, 3.05) is 7.11 Å². The molecule has 0 fully saturated rings. The summed E-state index contributed by atoms with van der Waals surface area (Å²) in [7, 11) is 1.53. The molecule has 1 amide bonds. The summed E-state index contributed by atoms with van der Waals surface area (Å²) in [6, 6.07) is 13.6. The highest BCUT2D eigenvalue weighted by molar-refractivity contribution is 9.10. The molecule has 0 spiro atoms. The van der Waals surface area contributed by atoms with E-state index in [2.05, 4.69) is 31.6 Å². The van der Waals surface area contributed by atoms with Crippen LogP contribution in [0.25, 0.3) is 0 Å². The van der Waals surface area contributed by atoms with Crippen molar-refractivity contribution in [3.05, 3.63) is 75.5 Å². The average molecular weight is 485 g/mol. The number of methoxy groups -OCH3 is 1. The number of rotatable bonds is 7. The zero-order chi connectivity index (χ0) is 22.4. The van der Waals surface area contributed by atoms with Crippen LogP contribution in [0, 0.1) is 13.8 Å². The summed E-state index contributed by atoms with van der Waals surface area (Å²) >= 11 is 3.43. The van der Waals surface area contributed by atoms with Gasteiger partial charge in [-0.25, -0.2) is 10.2 Å². The number of halogens is 1. The topological polar surface area (TPSA) is 94.8 Å². The molecule has 9 heteroatoms. The lowest BCUT2D eigenvalue weighted by Gasteiger charge is -2.08. The molecule has 0 aliphatic heterocycles. The summed E-state index contributed by atoms with van der Waals surface area (Å²) in [4.78, 5) is 24.7. The Hall–Kier alpha value is -3.46. The number of carbonyl (C=O) groups excluding carboxylic acids is 2. The van der Waals surface area contributed by atoms with E-state index in [1.54, 1.807) is 53.2 Å². The summed E-state index contributed by atoms with van der Waals surface area (Å²) in [5.41, 5.74) is 5.01. The molecule has 1 N–H and O–H groups in total. The fourth-order valence-corrected chi connectivity index (χ4v) is 3.05. The number of esters is 1. The molecule has 0 bridgehead atoms. The van der Waals surface area contributed by atoms with Crippen molar-refractivity contribution in [1.82, 2.24) is 15.2 Å². The molecular formula is C22H21BrN4O4. The standard InChI is InChI=1S/C22H21BrN4O4/c1-14-21(23)15(2)27(26-14)13-20(28)25-24-12-17-7-4-5-10-19(17)31-22(29)16-8-6-9-18(11-16)30-3/h4-12H,13H2,1-3H3,(H,25,28). The highest BCUT2D eigenvalue weighted by Crippen LogP contribution is 2.20. The first-order valence-corrected chi connectivity index (χ1v) is 10.1. The number of carbonyl (C=O) groups is 2. The number of aromatic nitrogens is 2. The third-order valence-electron chi connectivity index (χ3n) is 4.41. The number of hydrazone groups is 1. The van der Waals surface area contributed by atoms with Gasteiger partial charge in [0.15, 0.2) is 0 Å². The Morgan fingerprint density at radius 1 is 1.19 bits per heavy atom. The summed E-state index contributed by atoms with van der Waals surface area (Å²) in [5.74, 6) is 0.0107. The molecule has 3 aromatic rings. The van der Waals surface area contributed by atoms with Crippen molar-refractivity contribution in [2.24, 2.45) is 5.10 Å². The predicted molar refractivity (Wildman–Crippen MR) is 120 cm³/mol. The molecule has 1 aromatic heterocycles. The van der Waals surface area contributed by atoms with E-state index in [0.717, 1.165) is 15.9 Å². The molecule has 0 radical (unpaired) electrons. The molecule has 0 saturated carbocycles. The highest BCUT2D eigenvalue weighted by Gasteiger charge is 2.13. The van der Waals surface area contributed by atoms with Crippen LogP contribution < -0.4 is 14.9 Å². The van der Waals surface area contributed by atoms with Gasteiger partial charge in [-0.05, 0) is 60.1 Å². The Morgan fingerprint density at radius 2 is 1.97 bits per heavy atom. The maximum atomic E-state index is 12.5. The number of amides is 1. The van der Waals surface area contributed by atoms with E-state index in [1.165, 1.54) is 13.3 Å². The second-order valence-corrected chi connectivity index (χ2v) is 7.39. The summed E-state index contributed by atoms with van der Waals surface area (Å²) in [6.45, 7) is 3.75. The minimum Gasteiger partial charge on any atom is -0.497 e. The highest BCUT2D eigenvalue weighted by atomic mass is 79.9. The number of aryl methyl sites for hydroxylation is 1. The molecule has 1 heterocycles. The number of hydrogen-bond donors (Lipinski definition) is 1. The Labute approximate surface area is 188 Å². The number of hydrogen-bond acceptors (Lipinski definition) is 6. The molecule has 0 aliphatic rings. The predicted octanol–water partition coefficient (Wildman–Crippen LogP) is 3.64. The van der Waals surface area contributed by atoms with Crippen molar-refractivity contribution >= 4 is 34.0 Å². The van der Waals surface area contributed by atoms with Gasteiger partial charge in [0.25, 0.3) is 5.91 Å². The van der Waals surface area contributed by atoms with Gasteiger partial charge in [0.2, 0.25) is 0 Å². The van der Waals surface area contributed by atoms with Crippen LogP contribution in [0.4, 0.5) is 0 Å². The monoisotopic (exact) mass is 484 g/mol. The largest absolute Gasteiger partial charge is 0.497 e. The molecule has 0 saturated heterocycles. The lowest BCUT2D eigenvalue weighted by molar-refractivity contribution is -0.121. The van der Waals surface area contributed by atoms with Crippen LogP contribution in [0.15, 0.2) is 58.1 Å². The van der Waals surface area contributed by atoms with Crippen molar-refractivity contribution < 1.29 is 19.1 Å². The number of ether oxygens (including phenoxy) is 2. The first-order chi connectivity index (χ1) is 14.9. The summed E-state index contributed by atoms with van der Waals surface area (Å²) in [6.07, 6.45) is 1.42. The van der Waals surface area contributed by atoms with E-state index in [0.29, 0.717) is 22.6 Å². The van der Waals surface area contributed by atoms with Crippen LogP contribution in [-0.4, -0.2) is 35.0 Å². The number of nitrogens with one attached hydrogen (secondary N) is 1. The Kier molecular flexibility index (Phi) is 7.19. The Bertz CT molecular complexity index is 1140. The molecule has 3 rings (SSSR count). The van der Waals surface area contributed by atoms with Crippen LogP contribution in [0.1, 0.15) is 27.3 Å². The van der Waals surface area contributed by atoms with Gasteiger partial charge < -0.3 is 9.47 Å². The average Bonchev–Trinajstić information content (AvgIpc) is 3.01. The van der Waals surface area contributed by atoms with Gasteiger partial charge in [-0.3, -0.25) is 9.48 Å². The van der Waals surface area contributed by atoms with E-state index >= 15 is 0 Å². The minimum absolute atomic E-state index is 0.0298. The molecule has 8 nitrogen and oxygen atoms in total. The SMILES string of the molecule is COc1cccc(C(=O)Oc2ccccc2C=NNC(=O)Cn2nc(C)c(Br)c2C)c1. The third-order valence-corrected chi connectivity index (χ3v) is 5.55. The normalized spacial score (nSPS) is 10.8. The maximum Gasteiger partial charge on any atom is 0.343 e. The van der Waals surface area contributed by atoms with Crippen LogP contribution in [0.5, 0.6) is 11.5 Å². The molecule has 160 valence electrons. The second kappa shape index (κ2) is 10.0. The second-order valence-electron chi connectivity index (χ2n) is 6.59. The van der Waals surface area contributed by atoms with E-state index in [4.69, 9.17) is 9.47 Å². The molecule has 31 heavy (non-hydrogen) atoms.